The largest absolute Gasteiger partial charge is 0.463 e. The third-order valence-electron chi connectivity index (χ3n) is 2.60. The van der Waals surface area contributed by atoms with E-state index in [1.807, 2.05) is 37.3 Å². The fourth-order valence-electron chi connectivity index (χ4n) is 1.65. The van der Waals surface area contributed by atoms with E-state index in [-0.39, 0.29) is 11.8 Å². The fourth-order valence-corrected chi connectivity index (χ4v) is 1.65. The number of hydrogen-bond donors (Lipinski definition) is 1. The first-order chi connectivity index (χ1) is 8.70. The Morgan fingerprint density at radius 1 is 1.22 bits per heavy atom. The van der Waals surface area contributed by atoms with Crippen LogP contribution >= 0.6 is 0 Å². The monoisotopic (exact) mass is 245 g/mol. The predicted octanol–water partition coefficient (Wildman–Crippen LogP) is 3.24. The van der Waals surface area contributed by atoms with Crippen LogP contribution in [-0.4, -0.2) is 13.1 Å². The van der Waals surface area contributed by atoms with Gasteiger partial charge in [0.05, 0.1) is 13.2 Å². The first-order valence-corrected chi connectivity index (χ1v) is 5.70. The van der Waals surface area contributed by atoms with Gasteiger partial charge in [0.25, 0.3) is 0 Å². The number of anilines is 1. The van der Waals surface area contributed by atoms with Crippen molar-refractivity contribution in [3.8, 4) is 0 Å². The number of furan rings is 1. The van der Waals surface area contributed by atoms with E-state index in [0.29, 0.717) is 5.76 Å². The lowest BCUT2D eigenvalue weighted by atomic mass is 10.2. The van der Waals surface area contributed by atoms with Crippen molar-refractivity contribution < 1.29 is 13.9 Å². The fraction of sp³-hybridized carbons (Fsp3) is 0.214. The van der Waals surface area contributed by atoms with Gasteiger partial charge >= 0.3 is 5.97 Å². The molecule has 2 rings (SSSR count). The van der Waals surface area contributed by atoms with Gasteiger partial charge in [-0.05, 0) is 31.2 Å². The molecule has 0 aliphatic rings. The summed E-state index contributed by atoms with van der Waals surface area (Å²) in [5.41, 5.74) is 1.00. The van der Waals surface area contributed by atoms with Crippen LogP contribution < -0.4 is 5.32 Å². The second-order valence-electron chi connectivity index (χ2n) is 3.93. The number of carbonyl (C=O) groups excluding carboxylic acids is 1. The minimum absolute atomic E-state index is 0.0224. The number of ether oxygens (including phenoxy) is 1. The molecule has 0 fully saturated rings. The van der Waals surface area contributed by atoms with Crippen LogP contribution in [-0.2, 0) is 4.74 Å². The Balaban J connectivity index is 2.07. The van der Waals surface area contributed by atoms with Crippen molar-refractivity contribution in [2.75, 3.05) is 12.4 Å². The van der Waals surface area contributed by atoms with Gasteiger partial charge in [0.2, 0.25) is 5.76 Å². The first-order valence-electron chi connectivity index (χ1n) is 5.70. The molecule has 0 spiro atoms. The van der Waals surface area contributed by atoms with Crippen LogP contribution in [0.25, 0.3) is 0 Å². The smallest absolute Gasteiger partial charge is 0.373 e. The zero-order chi connectivity index (χ0) is 13.0. The molecular formula is C14H15NO3. The molecule has 0 saturated carbocycles. The van der Waals surface area contributed by atoms with E-state index in [9.17, 15) is 4.79 Å². The molecule has 0 aliphatic heterocycles. The molecule has 4 heteroatoms. The Morgan fingerprint density at radius 2 is 1.94 bits per heavy atom. The Labute approximate surface area is 106 Å². The van der Waals surface area contributed by atoms with E-state index in [1.165, 1.54) is 7.11 Å². The molecule has 18 heavy (non-hydrogen) atoms. The maximum atomic E-state index is 11.3. The highest BCUT2D eigenvalue weighted by Crippen LogP contribution is 2.21. The Kier molecular flexibility index (Phi) is 3.67. The lowest BCUT2D eigenvalue weighted by Crippen LogP contribution is -2.05. The zero-order valence-electron chi connectivity index (χ0n) is 10.3. The molecule has 0 amide bonds. The molecule has 94 valence electrons. The Hall–Kier alpha value is -2.23. The van der Waals surface area contributed by atoms with Gasteiger partial charge in [-0.25, -0.2) is 4.79 Å². The molecule has 0 radical (unpaired) electrons. The number of rotatable bonds is 4. The zero-order valence-corrected chi connectivity index (χ0v) is 10.3. The van der Waals surface area contributed by atoms with Gasteiger partial charge in [0.15, 0.2) is 0 Å². The molecule has 1 heterocycles. The number of carbonyl (C=O) groups is 1. The van der Waals surface area contributed by atoms with Gasteiger partial charge in [-0.2, -0.15) is 0 Å². The van der Waals surface area contributed by atoms with Gasteiger partial charge < -0.3 is 14.5 Å². The van der Waals surface area contributed by atoms with Crippen molar-refractivity contribution >= 4 is 11.7 Å². The molecule has 1 aromatic carbocycles. The van der Waals surface area contributed by atoms with Crippen LogP contribution in [0.3, 0.4) is 0 Å². The summed E-state index contributed by atoms with van der Waals surface area (Å²) in [6.07, 6.45) is 0. The maximum Gasteiger partial charge on any atom is 0.373 e. The summed E-state index contributed by atoms with van der Waals surface area (Å²) in [7, 11) is 1.33. The van der Waals surface area contributed by atoms with Crippen LogP contribution in [0.1, 0.15) is 29.3 Å². The predicted molar refractivity (Wildman–Crippen MR) is 68.5 cm³/mol. The molecule has 2 aromatic rings. The number of esters is 1. The molecule has 1 N–H and O–H groups in total. The summed E-state index contributed by atoms with van der Waals surface area (Å²) in [6.45, 7) is 1.97. The number of para-hydroxylation sites is 1. The summed E-state index contributed by atoms with van der Waals surface area (Å²) in [5, 5.41) is 3.28. The minimum atomic E-state index is -0.465. The highest BCUT2D eigenvalue weighted by atomic mass is 16.5. The van der Waals surface area contributed by atoms with E-state index < -0.39 is 5.97 Å². The van der Waals surface area contributed by atoms with Crippen molar-refractivity contribution in [3.05, 3.63) is 54.0 Å². The summed E-state index contributed by atoms with van der Waals surface area (Å²) in [5.74, 6) is 0.446. The van der Waals surface area contributed by atoms with Gasteiger partial charge in [-0.15, -0.1) is 0 Å². The highest BCUT2D eigenvalue weighted by Gasteiger charge is 2.15. The van der Waals surface area contributed by atoms with Gasteiger partial charge in [-0.1, -0.05) is 18.2 Å². The Bertz CT molecular complexity index is 519. The molecule has 1 aromatic heterocycles. The van der Waals surface area contributed by atoms with E-state index in [4.69, 9.17) is 4.42 Å². The topological polar surface area (TPSA) is 51.5 Å². The van der Waals surface area contributed by atoms with Crippen molar-refractivity contribution in [1.29, 1.82) is 0 Å². The molecular weight excluding hydrogens is 230 g/mol. The van der Waals surface area contributed by atoms with Crippen molar-refractivity contribution in [3.63, 3.8) is 0 Å². The lowest BCUT2D eigenvalue weighted by Gasteiger charge is -2.12. The van der Waals surface area contributed by atoms with Gasteiger partial charge in [-0.3, -0.25) is 0 Å². The quantitative estimate of drug-likeness (QED) is 0.840. The number of nitrogens with one attached hydrogen (secondary N) is 1. The Morgan fingerprint density at radius 3 is 2.61 bits per heavy atom. The van der Waals surface area contributed by atoms with Crippen LogP contribution in [0.15, 0.2) is 46.9 Å². The average Bonchev–Trinajstić information content (AvgIpc) is 2.88. The molecule has 1 atom stereocenters. The highest BCUT2D eigenvalue weighted by molar-refractivity contribution is 5.86. The normalized spacial score (nSPS) is 11.9. The summed E-state index contributed by atoms with van der Waals surface area (Å²) in [4.78, 5) is 11.3. The molecule has 1 unspecified atom stereocenters. The van der Waals surface area contributed by atoms with Gasteiger partial charge in [0.1, 0.15) is 5.76 Å². The van der Waals surface area contributed by atoms with Crippen LogP contribution in [0, 0.1) is 0 Å². The summed E-state index contributed by atoms with van der Waals surface area (Å²) >= 11 is 0. The van der Waals surface area contributed by atoms with E-state index in [0.717, 1.165) is 5.69 Å². The third kappa shape index (κ3) is 2.71. The summed E-state index contributed by atoms with van der Waals surface area (Å²) in [6, 6.07) is 13.2. The minimum Gasteiger partial charge on any atom is -0.463 e. The van der Waals surface area contributed by atoms with Gasteiger partial charge in [0, 0.05) is 5.69 Å². The average molecular weight is 245 g/mol. The maximum absolute atomic E-state index is 11.3. The van der Waals surface area contributed by atoms with Crippen molar-refractivity contribution in [1.82, 2.24) is 0 Å². The first kappa shape index (κ1) is 12.2. The number of hydrogen-bond acceptors (Lipinski definition) is 4. The third-order valence-corrected chi connectivity index (χ3v) is 2.60. The standard InChI is InChI=1S/C14H15NO3/c1-10(15-11-6-4-3-5-7-11)12-8-9-13(18-12)14(16)17-2/h3-10,15H,1-2H3. The molecule has 0 bridgehead atoms. The van der Waals surface area contributed by atoms with Crippen molar-refractivity contribution in [2.24, 2.45) is 0 Å². The van der Waals surface area contributed by atoms with Crippen LogP contribution in [0.4, 0.5) is 5.69 Å². The molecule has 4 nitrogen and oxygen atoms in total. The van der Waals surface area contributed by atoms with Crippen molar-refractivity contribution in [2.45, 2.75) is 13.0 Å². The van der Waals surface area contributed by atoms with E-state index in [2.05, 4.69) is 10.1 Å². The number of benzene rings is 1. The van der Waals surface area contributed by atoms with Crippen LogP contribution in [0.5, 0.6) is 0 Å². The second kappa shape index (κ2) is 5.40. The van der Waals surface area contributed by atoms with E-state index in [1.54, 1.807) is 12.1 Å². The SMILES string of the molecule is COC(=O)c1ccc(C(C)Nc2ccccc2)o1. The molecule has 0 saturated heterocycles. The lowest BCUT2D eigenvalue weighted by molar-refractivity contribution is 0.0562. The molecule has 0 aliphatic carbocycles. The van der Waals surface area contributed by atoms with E-state index >= 15 is 0 Å². The number of methoxy groups -OCH3 is 1. The summed E-state index contributed by atoms with van der Waals surface area (Å²) < 4.78 is 10.0. The second-order valence-corrected chi connectivity index (χ2v) is 3.93. The van der Waals surface area contributed by atoms with Crippen LogP contribution in [0.2, 0.25) is 0 Å².